The van der Waals surface area contributed by atoms with Gasteiger partial charge in [-0.25, -0.2) is 35.3 Å². The summed E-state index contributed by atoms with van der Waals surface area (Å²) < 4.78 is 38.4. The molecule has 0 aromatic heterocycles. The van der Waals surface area contributed by atoms with Gasteiger partial charge >= 0.3 is 0 Å². The molecule has 1 aromatic carbocycles. The fourth-order valence-corrected chi connectivity index (χ4v) is 4.98. The highest BCUT2D eigenvalue weighted by Crippen LogP contribution is 2.32. The van der Waals surface area contributed by atoms with Gasteiger partial charge in [0.2, 0.25) is 9.84 Å². The van der Waals surface area contributed by atoms with Crippen LogP contribution in [0, 0.1) is 0 Å². The maximum absolute atomic E-state index is 13.3. The summed E-state index contributed by atoms with van der Waals surface area (Å²) in [7, 11) is -2.27. The van der Waals surface area contributed by atoms with E-state index in [1.807, 2.05) is 13.0 Å². The summed E-state index contributed by atoms with van der Waals surface area (Å²) in [5, 5.41) is 7.20. The van der Waals surface area contributed by atoms with Crippen molar-refractivity contribution in [3.63, 3.8) is 0 Å². The zero-order chi connectivity index (χ0) is 22.8. The zero-order valence-corrected chi connectivity index (χ0v) is 18.6. The lowest BCUT2D eigenvalue weighted by Crippen LogP contribution is -2.52. The number of hydrogen-bond acceptors (Lipinski definition) is 11. The van der Waals surface area contributed by atoms with E-state index in [4.69, 9.17) is 21.2 Å². The molecule has 2 heterocycles. The molecule has 13 heteroatoms. The molecule has 1 amide bonds. The molecule has 31 heavy (non-hydrogen) atoms. The zero-order valence-electron chi connectivity index (χ0n) is 17.8. The summed E-state index contributed by atoms with van der Waals surface area (Å²) in [6, 6.07) is 8.97. The van der Waals surface area contributed by atoms with Gasteiger partial charge in [0.05, 0.1) is 30.1 Å². The molecule has 0 bridgehead atoms. The van der Waals surface area contributed by atoms with E-state index in [0.29, 0.717) is 17.2 Å². The minimum Gasteiger partial charge on any atom is -0.346 e. The van der Waals surface area contributed by atoms with Crippen molar-refractivity contribution < 1.29 is 22.7 Å². The quantitative estimate of drug-likeness (QED) is 0.298. The molecule has 0 radical (unpaired) electrons. The molecule has 1 unspecified atom stereocenters. The average molecular weight is 456 g/mol. The van der Waals surface area contributed by atoms with Crippen LogP contribution in [-0.2, 0) is 24.1 Å². The van der Waals surface area contributed by atoms with Gasteiger partial charge in [-0.05, 0) is 25.5 Å². The monoisotopic (exact) mass is 455 g/mol. The SMILES string of the molecule is CCC1(C)O[C@@H](CC(=O)N(N)N)C[C@@H](CS(=O)(=O)C2=NN(C)NN2c2ccccc2)O1. The Balaban J connectivity index is 1.80. The number of carbonyl (C=O) groups excluding carboxylic acids is 1. The van der Waals surface area contributed by atoms with E-state index in [1.165, 1.54) is 10.1 Å². The van der Waals surface area contributed by atoms with E-state index in [1.54, 1.807) is 38.2 Å². The Bertz CT molecular complexity index is 926. The van der Waals surface area contributed by atoms with Crippen LogP contribution in [-0.4, -0.2) is 60.5 Å². The number of nitrogens with zero attached hydrogens (tertiary/aromatic N) is 4. The largest absolute Gasteiger partial charge is 0.346 e. The first-order chi connectivity index (χ1) is 14.5. The van der Waals surface area contributed by atoms with Crippen LogP contribution in [0.15, 0.2) is 35.4 Å². The Morgan fingerprint density at radius 3 is 2.55 bits per heavy atom. The Morgan fingerprint density at radius 1 is 1.29 bits per heavy atom. The number of ether oxygens (including phenoxy) is 2. The molecule has 0 spiro atoms. The number of benzene rings is 1. The van der Waals surface area contributed by atoms with Gasteiger partial charge in [0.25, 0.3) is 11.1 Å². The van der Waals surface area contributed by atoms with Gasteiger partial charge in [-0.1, -0.05) is 25.1 Å². The van der Waals surface area contributed by atoms with E-state index < -0.39 is 33.7 Å². The molecule has 5 N–H and O–H groups in total. The first kappa shape index (κ1) is 23.4. The second kappa shape index (κ2) is 9.06. The van der Waals surface area contributed by atoms with Crippen LogP contribution in [0.1, 0.15) is 33.1 Å². The minimum atomic E-state index is -3.87. The number of hydrazine groups is 4. The number of hydrogen-bond donors (Lipinski definition) is 3. The average Bonchev–Trinajstić information content (AvgIpc) is 3.10. The molecular weight excluding hydrogens is 426 g/mol. The first-order valence-corrected chi connectivity index (χ1v) is 11.5. The summed E-state index contributed by atoms with van der Waals surface area (Å²) >= 11 is 0. The Kier molecular flexibility index (Phi) is 6.83. The molecule has 172 valence electrons. The van der Waals surface area contributed by atoms with Gasteiger partial charge in [0.15, 0.2) is 5.79 Å². The third kappa shape index (κ3) is 5.50. The van der Waals surface area contributed by atoms with Crippen molar-refractivity contribution in [2.75, 3.05) is 17.8 Å². The smallest absolute Gasteiger partial charge is 0.263 e. The van der Waals surface area contributed by atoms with Gasteiger partial charge in [-0.2, -0.15) is 0 Å². The van der Waals surface area contributed by atoms with Crippen LogP contribution >= 0.6 is 0 Å². The maximum atomic E-state index is 13.3. The Labute approximate surface area is 181 Å². The fraction of sp³-hybridized carbons (Fsp3) is 0.556. The lowest BCUT2D eigenvalue weighted by molar-refractivity contribution is -0.305. The molecular formula is C18H29N7O5S. The number of nitrogens with two attached hydrogens (primary N) is 2. The Morgan fingerprint density at radius 2 is 1.94 bits per heavy atom. The van der Waals surface area contributed by atoms with Gasteiger partial charge < -0.3 is 9.47 Å². The molecule has 2 aliphatic heterocycles. The molecule has 3 rings (SSSR count). The molecule has 1 fully saturated rings. The van der Waals surface area contributed by atoms with Crippen LogP contribution in [0.5, 0.6) is 0 Å². The number of para-hydroxylation sites is 1. The molecule has 1 aromatic rings. The van der Waals surface area contributed by atoms with Crippen molar-refractivity contribution in [3.05, 3.63) is 30.3 Å². The van der Waals surface area contributed by atoms with E-state index in [2.05, 4.69) is 10.6 Å². The lowest BCUT2D eigenvalue weighted by Gasteiger charge is -2.42. The van der Waals surface area contributed by atoms with Crippen molar-refractivity contribution in [3.8, 4) is 0 Å². The molecule has 1 saturated heterocycles. The van der Waals surface area contributed by atoms with Crippen molar-refractivity contribution in [1.29, 1.82) is 0 Å². The normalized spacial score (nSPS) is 26.7. The van der Waals surface area contributed by atoms with E-state index >= 15 is 0 Å². The number of amides is 1. The molecule has 2 aliphatic rings. The van der Waals surface area contributed by atoms with E-state index in [9.17, 15) is 13.2 Å². The number of rotatable bonds is 6. The summed E-state index contributed by atoms with van der Waals surface area (Å²) in [4.78, 5) is 11.9. The number of amidine groups is 1. The fourth-order valence-electron chi connectivity index (χ4n) is 3.46. The van der Waals surface area contributed by atoms with Crippen LogP contribution in [0.2, 0.25) is 0 Å². The molecule has 0 aliphatic carbocycles. The minimum absolute atomic E-state index is 0.0795. The highest BCUT2D eigenvalue weighted by atomic mass is 32.2. The molecule has 12 nitrogen and oxygen atoms in total. The predicted molar refractivity (Wildman–Crippen MR) is 114 cm³/mol. The highest BCUT2D eigenvalue weighted by molar-refractivity contribution is 8.06. The first-order valence-electron chi connectivity index (χ1n) is 9.87. The van der Waals surface area contributed by atoms with E-state index in [-0.39, 0.29) is 23.8 Å². The summed E-state index contributed by atoms with van der Waals surface area (Å²) in [6.07, 6.45) is -0.723. The highest BCUT2D eigenvalue weighted by Gasteiger charge is 2.43. The third-order valence-corrected chi connectivity index (χ3v) is 6.69. The standard InChI is InChI=1S/C18H29N7O5S/c1-4-18(2)29-14(11-16(26)25(19)20)10-15(30-18)12-31(27,28)17-21-23(3)22-24(17)13-8-6-5-7-9-13/h5-9,14-15,22H,4,10-12,19-20H2,1-3H3/t14-,15+,18?/m1/s1. The van der Waals surface area contributed by atoms with Gasteiger partial charge in [-0.3, -0.25) is 4.79 Å². The number of hydrazone groups is 1. The summed E-state index contributed by atoms with van der Waals surface area (Å²) in [6.45, 7) is 3.57. The second-order valence-electron chi connectivity index (χ2n) is 7.67. The van der Waals surface area contributed by atoms with Gasteiger partial charge in [0, 0.05) is 13.5 Å². The Hall–Kier alpha value is -2.29. The summed E-state index contributed by atoms with van der Waals surface area (Å²) in [5.74, 6) is 8.71. The van der Waals surface area contributed by atoms with Crippen LogP contribution in [0.4, 0.5) is 5.69 Å². The number of sulfone groups is 1. The van der Waals surface area contributed by atoms with Crippen LogP contribution in [0.3, 0.4) is 0 Å². The lowest BCUT2D eigenvalue weighted by atomic mass is 10.0. The maximum Gasteiger partial charge on any atom is 0.263 e. The summed E-state index contributed by atoms with van der Waals surface area (Å²) in [5.41, 5.74) is 3.50. The predicted octanol–water partition coefficient (Wildman–Crippen LogP) is -0.190. The second-order valence-corrected chi connectivity index (χ2v) is 9.59. The molecule has 3 atom stereocenters. The van der Waals surface area contributed by atoms with Gasteiger partial charge in [-0.15, -0.1) is 10.6 Å². The van der Waals surface area contributed by atoms with Crippen molar-refractivity contribution in [2.45, 2.75) is 51.1 Å². The van der Waals surface area contributed by atoms with Crippen molar-refractivity contribution in [1.82, 2.24) is 15.8 Å². The van der Waals surface area contributed by atoms with Crippen molar-refractivity contribution in [2.24, 2.45) is 16.8 Å². The molecule has 0 saturated carbocycles. The number of anilines is 1. The topological polar surface area (TPSA) is 156 Å². The van der Waals surface area contributed by atoms with Crippen molar-refractivity contribution >= 4 is 26.6 Å². The number of carbonyl (C=O) groups is 1. The van der Waals surface area contributed by atoms with Gasteiger partial charge in [0.1, 0.15) is 0 Å². The van der Waals surface area contributed by atoms with Crippen LogP contribution in [0.25, 0.3) is 0 Å². The third-order valence-electron chi connectivity index (χ3n) is 5.06. The van der Waals surface area contributed by atoms with E-state index in [0.717, 1.165) is 0 Å². The number of nitrogens with one attached hydrogen (secondary N) is 1. The van der Waals surface area contributed by atoms with Crippen LogP contribution < -0.4 is 22.2 Å².